The summed E-state index contributed by atoms with van der Waals surface area (Å²) in [5, 5.41) is 16.4. The molecular weight excluding hydrogens is 497 g/mol. The van der Waals surface area contributed by atoms with Crippen molar-refractivity contribution >= 4 is 23.5 Å². The van der Waals surface area contributed by atoms with Crippen molar-refractivity contribution in [2.24, 2.45) is 0 Å². The van der Waals surface area contributed by atoms with Gasteiger partial charge in [-0.2, -0.15) is 9.78 Å². The normalized spacial score (nSPS) is 15.3. The summed E-state index contributed by atoms with van der Waals surface area (Å²) in [6, 6.07) is 8.98. The summed E-state index contributed by atoms with van der Waals surface area (Å²) < 4.78 is 20.3. The number of carbonyl (C=O) groups is 3. The Hall–Kier alpha value is -4.29. The Morgan fingerprint density at radius 3 is 2.76 bits per heavy atom. The van der Waals surface area contributed by atoms with Crippen molar-refractivity contribution in [1.29, 1.82) is 0 Å². The number of hydrogen-bond acceptors (Lipinski definition) is 7. The van der Waals surface area contributed by atoms with E-state index < -0.39 is 29.5 Å². The smallest absolute Gasteiger partial charge is 0.342 e. The van der Waals surface area contributed by atoms with Crippen LogP contribution in [-0.4, -0.2) is 64.6 Å². The van der Waals surface area contributed by atoms with Gasteiger partial charge in [0.2, 0.25) is 0 Å². The number of anilines is 1. The lowest BCUT2D eigenvalue weighted by atomic mass is 10.1. The lowest BCUT2D eigenvalue weighted by Gasteiger charge is -2.20. The number of nitrogens with one attached hydrogen (secondary N) is 2. The molecule has 1 aromatic heterocycles. The highest BCUT2D eigenvalue weighted by Crippen LogP contribution is 2.31. The number of fused-ring (bicyclic) bond motifs is 1. The summed E-state index contributed by atoms with van der Waals surface area (Å²) in [6.07, 6.45) is 3.38. The quantitative estimate of drug-likeness (QED) is 0.402. The zero-order valence-corrected chi connectivity index (χ0v) is 21.1. The minimum absolute atomic E-state index is 0.116. The molecule has 2 heterocycles. The van der Waals surface area contributed by atoms with Crippen LogP contribution in [0.2, 0.25) is 0 Å². The molecule has 38 heavy (non-hydrogen) atoms. The molecule has 1 atom stereocenters. The molecule has 200 valence electrons. The summed E-state index contributed by atoms with van der Waals surface area (Å²) in [5.74, 6) is -1.03. The molecule has 0 saturated carbocycles. The molecule has 0 radical (unpaired) electrons. The minimum atomic E-state index is -1.12. The molecule has 1 aliphatic heterocycles. The van der Waals surface area contributed by atoms with Gasteiger partial charge in [-0.25, -0.2) is 14.7 Å². The molecule has 0 aliphatic carbocycles. The highest BCUT2D eigenvalue weighted by molar-refractivity contribution is 6.02. The van der Waals surface area contributed by atoms with Gasteiger partial charge in [-0.15, -0.1) is 0 Å². The Labute approximate surface area is 218 Å². The predicted molar refractivity (Wildman–Crippen MR) is 134 cm³/mol. The Bertz CT molecular complexity index is 1350. The van der Waals surface area contributed by atoms with E-state index in [-0.39, 0.29) is 24.6 Å². The molecule has 3 N–H and O–H groups in total. The molecule has 12 heteroatoms. The van der Waals surface area contributed by atoms with E-state index in [0.717, 1.165) is 10.2 Å². The molecule has 0 spiro atoms. The summed E-state index contributed by atoms with van der Waals surface area (Å²) in [4.78, 5) is 44.7. The highest BCUT2D eigenvalue weighted by Gasteiger charge is 2.31. The van der Waals surface area contributed by atoms with E-state index in [2.05, 4.69) is 15.9 Å². The van der Waals surface area contributed by atoms with E-state index in [1.54, 1.807) is 18.2 Å². The van der Waals surface area contributed by atoms with Crippen LogP contribution in [0.3, 0.4) is 0 Å². The molecule has 1 aliphatic rings. The van der Waals surface area contributed by atoms with Crippen molar-refractivity contribution in [1.82, 2.24) is 20.6 Å². The molecule has 4 rings (SSSR count). The van der Waals surface area contributed by atoms with Gasteiger partial charge in [0.1, 0.15) is 30.8 Å². The number of ether oxygens (including phenoxy) is 1. The molecule has 2 aromatic carbocycles. The van der Waals surface area contributed by atoms with Crippen LogP contribution in [0.5, 0.6) is 5.75 Å². The van der Waals surface area contributed by atoms with E-state index in [9.17, 15) is 23.9 Å². The second kappa shape index (κ2) is 11.0. The summed E-state index contributed by atoms with van der Waals surface area (Å²) in [5.41, 5.74) is 3.08. The molecule has 0 unspecified atom stereocenters. The second-order valence-electron chi connectivity index (χ2n) is 9.52. The van der Waals surface area contributed by atoms with Crippen molar-refractivity contribution in [3.63, 3.8) is 0 Å². The number of carbonyl (C=O) groups excluding carboxylic acids is 3. The topological polar surface area (TPSA) is 135 Å². The van der Waals surface area contributed by atoms with Gasteiger partial charge in [0.05, 0.1) is 17.5 Å². The zero-order chi connectivity index (χ0) is 27.4. The van der Waals surface area contributed by atoms with E-state index in [1.165, 1.54) is 62.5 Å². The Kier molecular flexibility index (Phi) is 7.74. The highest BCUT2D eigenvalue weighted by atomic mass is 19.1. The maximum Gasteiger partial charge on any atom is 0.342 e. The third-order valence-corrected chi connectivity index (χ3v) is 5.65. The number of benzene rings is 2. The molecule has 0 fully saturated rings. The largest absolute Gasteiger partial charge is 0.489 e. The average Bonchev–Trinajstić information content (AvgIpc) is 3.29. The van der Waals surface area contributed by atoms with Gasteiger partial charge >= 0.3 is 6.03 Å². The summed E-state index contributed by atoms with van der Waals surface area (Å²) >= 11 is 0. The van der Waals surface area contributed by atoms with Crippen LogP contribution in [0.25, 0.3) is 0 Å². The Morgan fingerprint density at radius 1 is 1.24 bits per heavy atom. The lowest BCUT2D eigenvalue weighted by Crippen LogP contribution is -2.50. The first kappa shape index (κ1) is 26.8. The predicted octanol–water partition coefficient (Wildman–Crippen LogP) is 2.03. The molecular formula is C26H28FN5O6. The van der Waals surface area contributed by atoms with Crippen LogP contribution in [0.4, 0.5) is 14.9 Å². The van der Waals surface area contributed by atoms with Gasteiger partial charge in [0, 0.05) is 25.2 Å². The third-order valence-electron chi connectivity index (χ3n) is 5.65. The zero-order valence-electron chi connectivity index (χ0n) is 21.1. The van der Waals surface area contributed by atoms with Crippen LogP contribution in [0.1, 0.15) is 35.3 Å². The van der Waals surface area contributed by atoms with Crippen LogP contribution in [-0.2, 0) is 16.1 Å². The minimum Gasteiger partial charge on any atom is -0.489 e. The van der Waals surface area contributed by atoms with Crippen LogP contribution in [0.15, 0.2) is 54.9 Å². The van der Waals surface area contributed by atoms with Crippen molar-refractivity contribution in [2.75, 3.05) is 25.2 Å². The monoisotopic (exact) mass is 525 g/mol. The van der Waals surface area contributed by atoms with Crippen molar-refractivity contribution in [2.45, 2.75) is 31.9 Å². The molecule has 3 amide bonds. The van der Waals surface area contributed by atoms with Crippen LogP contribution < -0.4 is 20.4 Å². The number of nitrogens with zero attached hydrogens (tertiary/aromatic N) is 3. The van der Waals surface area contributed by atoms with Gasteiger partial charge < -0.3 is 20.1 Å². The van der Waals surface area contributed by atoms with Gasteiger partial charge in [-0.05, 0) is 55.3 Å². The fraction of sp³-hybridized carbons (Fsp3) is 0.308. The number of hydroxylamine groups is 1. The number of likely N-dealkylation sites (N-methyl/N-ethyl adjacent to an activating group) is 1. The van der Waals surface area contributed by atoms with Gasteiger partial charge in [0.25, 0.3) is 11.8 Å². The first-order chi connectivity index (χ1) is 18.0. The molecule has 3 aromatic rings. The van der Waals surface area contributed by atoms with Crippen LogP contribution in [0, 0.1) is 5.82 Å². The fourth-order valence-corrected chi connectivity index (χ4v) is 3.74. The maximum atomic E-state index is 13.4. The number of hydrogen-bond donors (Lipinski definition) is 3. The van der Waals surface area contributed by atoms with E-state index >= 15 is 0 Å². The fourth-order valence-electron chi connectivity index (χ4n) is 3.74. The Morgan fingerprint density at radius 2 is 2.03 bits per heavy atom. The van der Waals surface area contributed by atoms with Crippen molar-refractivity contribution in [3.05, 3.63) is 77.4 Å². The molecule has 11 nitrogen and oxygen atoms in total. The van der Waals surface area contributed by atoms with E-state index in [4.69, 9.17) is 9.57 Å². The Balaban J connectivity index is 1.40. The number of halogens is 1. The molecule has 0 saturated heterocycles. The SMILES string of the molecule is CN1C(=O)[C@@H](NC(=O)n2cc(Cc3cccc(F)c3)cn2)COc2ccc(C(=O)NOCC(C)(C)O)cc21. The van der Waals surface area contributed by atoms with Gasteiger partial charge in [-0.3, -0.25) is 14.4 Å². The summed E-state index contributed by atoms with van der Waals surface area (Å²) in [6.45, 7) is 2.81. The number of rotatable bonds is 7. The average molecular weight is 526 g/mol. The second-order valence-corrected chi connectivity index (χ2v) is 9.52. The third kappa shape index (κ3) is 6.52. The first-order valence-corrected chi connectivity index (χ1v) is 11.8. The van der Waals surface area contributed by atoms with E-state index in [0.29, 0.717) is 23.4 Å². The summed E-state index contributed by atoms with van der Waals surface area (Å²) in [7, 11) is 1.51. The number of aliphatic hydroxyl groups is 1. The molecule has 0 bridgehead atoms. The van der Waals surface area contributed by atoms with Crippen molar-refractivity contribution in [3.8, 4) is 5.75 Å². The van der Waals surface area contributed by atoms with Crippen LogP contribution >= 0.6 is 0 Å². The van der Waals surface area contributed by atoms with Crippen molar-refractivity contribution < 1.29 is 33.5 Å². The van der Waals surface area contributed by atoms with E-state index in [1.807, 2.05) is 0 Å². The number of aromatic nitrogens is 2. The first-order valence-electron chi connectivity index (χ1n) is 11.8. The maximum absolute atomic E-state index is 13.4. The number of amides is 3. The van der Waals surface area contributed by atoms with Gasteiger partial charge in [0.15, 0.2) is 0 Å². The van der Waals surface area contributed by atoms with Gasteiger partial charge in [-0.1, -0.05) is 12.1 Å². The lowest BCUT2D eigenvalue weighted by molar-refractivity contribution is -0.120. The standard InChI is InChI=1S/C26H28FN5O6/c1-26(2,36)15-38-30-23(33)18-7-8-22-21(11-18)31(3)24(34)20(14-37-22)29-25(35)32-13-17(12-28-32)9-16-5-4-6-19(27)10-16/h4-8,10-13,20,36H,9,14-15H2,1-3H3,(H,29,35)(H,30,33)/t20-/m0/s1.